The molecule has 1 fully saturated rings. The van der Waals surface area contributed by atoms with Crippen LogP contribution < -0.4 is 0 Å². The van der Waals surface area contributed by atoms with Crippen molar-refractivity contribution >= 4 is 29.5 Å². The van der Waals surface area contributed by atoms with Crippen LogP contribution in [0.2, 0.25) is 0 Å². The number of carbonyl (C=O) groups is 1. The van der Waals surface area contributed by atoms with Crippen LogP contribution in [0.3, 0.4) is 0 Å². The molecule has 64 valence electrons. The van der Waals surface area contributed by atoms with E-state index >= 15 is 0 Å². The van der Waals surface area contributed by atoms with Crippen LogP contribution in [-0.2, 0) is 9.53 Å². The molecule has 0 saturated carbocycles. The summed E-state index contributed by atoms with van der Waals surface area (Å²) in [4.78, 5) is 11.2. The molecule has 2 nitrogen and oxygen atoms in total. The van der Waals surface area contributed by atoms with Gasteiger partial charge in [0.25, 0.3) is 0 Å². The third kappa shape index (κ3) is 2.06. The molecular formula is C7H12O2S2. The van der Waals surface area contributed by atoms with E-state index in [9.17, 15) is 4.79 Å². The van der Waals surface area contributed by atoms with Gasteiger partial charge in [0.1, 0.15) is 4.75 Å². The van der Waals surface area contributed by atoms with Crippen LogP contribution in [0.5, 0.6) is 0 Å². The summed E-state index contributed by atoms with van der Waals surface area (Å²) in [5, 5.41) is 1.01. The predicted octanol–water partition coefficient (Wildman–Crippen LogP) is 1.75. The summed E-state index contributed by atoms with van der Waals surface area (Å²) in [7, 11) is 1.45. The van der Waals surface area contributed by atoms with E-state index in [2.05, 4.69) is 0 Å². The fraction of sp³-hybridized carbons (Fsp3) is 0.857. The third-order valence-corrected chi connectivity index (χ3v) is 4.44. The number of thioether (sulfide) groups is 2. The van der Waals surface area contributed by atoms with Gasteiger partial charge in [-0.15, -0.1) is 11.8 Å². The van der Waals surface area contributed by atoms with E-state index in [0.717, 1.165) is 17.3 Å². The number of carbonyl (C=O) groups excluding carboxylic acids is 1. The van der Waals surface area contributed by atoms with Crippen molar-refractivity contribution < 1.29 is 9.53 Å². The lowest BCUT2D eigenvalue weighted by atomic mass is 10.1. The zero-order chi connectivity index (χ0) is 8.32. The molecule has 1 aliphatic rings. The summed E-state index contributed by atoms with van der Waals surface area (Å²) in [6.45, 7) is 1.96. The van der Waals surface area contributed by atoms with Crippen LogP contribution in [0.4, 0.5) is 0 Å². The zero-order valence-corrected chi connectivity index (χ0v) is 8.39. The minimum atomic E-state index is -0.278. The molecule has 11 heavy (non-hydrogen) atoms. The molecule has 0 aromatic rings. The molecule has 0 spiro atoms. The molecule has 0 radical (unpaired) electrons. The Kier molecular flexibility index (Phi) is 3.13. The van der Waals surface area contributed by atoms with Gasteiger partial charge < -0.3 is 4.74 Å². The Hall–Kier alpha value is 0.170. The van der Waals surface area contributed by atoms with Crippen molar-refractivity contribution in [3.8, 4) is 0 Å². The molecule has 0 aromatic carbocycles. The molecule has 1 heterocycles. The summed E-state index contributed by atoms with van der Waals surface area (Å²) in [5.74, 6) is 0.987. The lowest BCUT2D eigenvalue weighted by molar-refractivity contribution is -0.143. The van der Waals surface area contributed by atoms with Gasteiger partial charge in [0.05, 0.1) is 7.11 Å². The Morgan fingerprint density at radius 1 is 1.64 bits per heavy atom. The molecule has 0 aromatic heterocycles. The maximum absolute atomic E-state index is 11.2. The normalized spacial score (nSPS) is 31.5. The molecule has 1 aliphatic heterocycles. The van der Waals surface area contributed by atoms with Crippen molar-refractivity contribution in [1.82, 2.24) is 0 Å². The Labute approximate surface area is 75.4 Å². The smallest absolute Gasteiger partial charge is 0.321 e. The fourth-order valence-electron chi connectivity index (χ4n) is 0.947. The first-order chi connectivity index (χ1) is 5.19. The summed E-state index contributed by atoms with van der Waals surface area (Å²) in [5.41, 5.74) is 0. The molecule has 0 N–H and O–H groups in total. The summed E-state index contributed by atoms with van der Waals surface area (Å²) >= 11 is 3.57. The number of ether oxygens (including phenoxy) is 1. The second kappa shape index (κ2) is 3.72. The van der Waals surface area contributed by atoms with E-state index < -0.39 is 0 Å². The first-order valence-corrected chi connectivity index (χ1v) is 5.63. The molecule has 0 aliphatic carbocycles. The molecule has 4 heteroatoms. The fourth-order valence-corrected chi connectivity index (χ4v) is 3.92. The van der Waals surface area contributed by atoms with Crippen LogP contribution in [0, 0.1) is 0 Å². The highest BCUT2D eigenvalue weighted by molar-refractivity contribution is 8.17. The molecular weight excluding hydrogens is 180 g/mol. The molecule has 1 atom stereocenters. The zero-order valence-electron chi connectivity index (χ0n) is 6.75. The lowest BCUT2D eigenvalue weighted by Crippen LogP contribution is -2.35. The highest BCUT2D eigenvalue weighted by Crippen LogP contribution is 2.38. The highest BCUT2D eigenvalue weighted by atomic mass is 32.2. The monoisotopic (exact) mass is 192 g/mol. The topological polar surface area (TPSA) is 26.3 Å². The van der Waals surface area contributed by atoms with Gasteiger partial charge in [0, 0.05) is 5.08 Å². The van der Waals surface area contributed by atoms with Crippen molar-refractivity contribution in [2.45, 2.75) is 18.1 Å². The molecule has 0 amide bonds. The molecule has 1 saturated heterocycles. The van der Waals surface area contributed by atoms with Gasteiger partial charge in [0.2, 0.25) is 0 Å². The van der Waals surface area contributed by atoms with E-state index in [1.165, 1.54) is 7.11 Å². The average molecular weight is 192 g/mol. The van der Waals surface area contributed by atoms with E-state index in [1.807, 2.05) is 18.7 Å². The summed E-state index contributed by atoms with van der Waals surface area (Å²) in [6, 6.07) is 0. The molecule has 0 bridgehead atoms. The van der Waals surface area contributed by atoms with Crippen LogP contribution in [-0.4, -0.2) is 28.7 Å². The first-order valence-electron chi connectivity index (χ1n) is 3.49. The molecule has 1 unspecified atom stereocenters. The second-order valence-electron chi connectivity index (χ2n) is 2.64. The predicted molar refractivity (Wildman–Crippen MR) is 50.0 cm³/mol. The third-order valence-electron chi connectivity index (χ3n) is 1.80. The van der Waals surface area contributed by atoms with Crippen LogP contribution in [0.1, 0.15) is 13.3 Å². The number of hydrogen-bond donors (Lipinski definition) is 0. The van der Waals surface area contributed by atoms with Crippen molar-refractivity contribution in [2.24, 2.45) is 0 Å². The maximum Gasteiger partial charge on any atom is 0.321 e. The van der Waals surface area contributed by atoms with Crippen LogP contribution in [0.15, 0.2) is 0 Å². The van der Waals surface area contributed by atoms with E-state index in [0.29, 0.717) is 0 Å². The van der Waals surface area contributed by atoms with Gasteiger partial charge >= 0.3 is 5.97 Å². The number of methoxy groups -OCH3 is 1. The Balaban J connectivity index is 2.56. The quantitative estimate of drug-likeness (QED) is 0.591. The number of esters is 1. The van der Waals surface area contributed by atoms with E-state index in [1.54, 1.807) is 11.8 Å². The molecule has 1 rings (SSSR count). The van der Waals surface area contributed by atoms with Crippen molar-refractivity contribution in [1.29, 1.82) is 0 Å². The van der Waals surface area contributed by atoms with Crippen LogP contribution >= 0.6 is 23.5 Å². The SMILES string of the molecule is COC(=O)C1(C)CCSCS1. The Morgan fingerprint density at radius 3 is 2.82 bits per heavy atom. The van der Waals surface area contributed by atoms with Crippen molar-refractivity contribution in [3.05, 3.63) is 0 Å². The van der Waals surface area contributed by atoms with Gasteiger partial charge in [-0.2, -0.15) is 11.8 Å². The van der Waals surface area contributed by atoms with Gasteiger partial charge in [-0.1, -0.05) is 0 Å². The Morgan fingerprint density at radius 2 is 2.36 bits per heavy atom. The van der Waals surface area contributed by atoms with Gasteiger partial charge in [-0.25, -0.2) is 0 Å². The largest absolute Gasteiger partial charge is 0.468 e. The minimum absolute atomic E-state index is 0.0807. The summed E-state index contributed by atoms with van der Waals surface area (Å²) < 4.78 is 4.45. The Bertz CT molecular complexity index is 153. The maximum atomic E-state index is 11.2. The standard InChI is InChI=1S/C7H12O2S2/c1-7(6(8)9-2)3-4-10-5-11-7/h3-5H2,1-2H3. The van der Waals surface area contributed by atoms with Crippen LogP contribution in [0.25, 0.3) is 0 Å². The second-order valence-corrected chi connectivity index (χ2v) is 5.59. The highest BCUT2D eigenvalue weighted by Gasteiger charge is 2.36. The lowest BCUT2D eigenvalue weighted by Gasteiger charge is -2.29. The van der Waals surface area contributed by atoms with Gasteiger partial charge in [0.15, 0.2) is 0 Å². The summed E-state index contributed by atoms with van der Waals surface area (Å²) in [6.07, 6.45) is 0.926. The number of hydrogen-bond acceptors (Lipinski definition) is 4. The minimum Gasteiger partial charge on any atom is -0.468 e. The van der Waals surface area contributed by atoms with Crippen molar-refractivity contribution in [2.75, 3.05) is 17.9 Å². The number of rotatable bonds is 1. The average Bonchev–Trinajstić information content (AvgIpc) is 2.04. The van der Waals surface area contributed by atoms with Crippen molar-refractivity contribution in [3.63, 3.8) is 0 Å². The van der Waals surface area contributed by atoms with Gasteiger partial charge in [-0.3, -0.25) is 4.79 Å². The van der Waals surface area contributed by atoms with E-state index in [4.69, 9.17) is 4.74 Å². The van der Waals surface area contributed by atoms with E-state index in [-0.39, 0.29) is 10.7 Å². The first kappa shape index (κ1) is 9.26. The van der Waals surface area contributed by atoms with Gasteiger partial charge in [-0.05, 0) is 19.1 Å².